The van der Waals surface area contributed by atoms with Crippen molar-refractivity contribution in [2.75, 3.05) is 0 Å². The lowest BCUT2D eigenvalue weighted by Gasteiger charge is -2.44. The second-order valence-corrected chi connectivity index (χ2v) is 9.93. The number of hydrogen-bond acceptors (Lipinski definition) is 4. The van der Waals surface area contributed by atoms with Gasteiger partial charge in [-0.15, -0.1) is 0 Å². The summed E-state index contributed by atoms with van der Waals surface area (Å²) in [7, 11) is 0. The first-order chi connectivity index (χ1) is 13.7. The van der Waals surface area contributed by atoms with E-state index in [9.17, 15) is 18.7 Å². The van der Waals surface area contributed by atoms with Crippen molar-refractivity contribution in [3.8, 4) is 0 Å². The molecule has 0 saturated heterocycles. The van der Waals surface area contributed by atoms with E-state index in [0.29, 0.717) is 10.0 Å². The highest BCUT2D eigenvalue weighted by Crippen LogP contribution is 2.40. The Bertz CT molecular complexity index is 910. The molecule has 2 atom stereocenters. The maximum Gasteiger partial charge on any atom is 0.411 e. The largest absolute Gasteiger partial charge is 0.444 e. The number of nitrogens with zero attached hydrogens (tertiary/aromatic N) is 2. The van der Waals surface area contributed by atoms with Gasteiger partial charge in [-0.1, -0.05) is 0 Å². The fourth-order valence-corrected chi connectivity index (χ4v) is 3.47. The van der Waals surface area contributed by atoms with Crippen molar-refractivity contribution >= 4 is 22.0 Å². The van der Waals surface area contributed by atoms with Gasteiger partial charge in [0.25, 0.3) is 0 Å². The van der Waals surface area contributed by atoms with Gasteiger partial charge in [-0.2, -0.15) is 0 Å². The number of ether oxygens (including phenoxy) is 1. The molecule has 1 amide bonds. The van der Waals surface area contributed by atoms with E-state index in [4.69, 9.17) is 4.74 Å². The fraction of sp³-hybridized carbons (Fsp3) is 0.455. The third-order valence-electron chi connectivity index (χ3n) is 4.23. The van der Waals surface area contributed by atoms with E-state index in [1.165, 1.54) is 11.1 Å². The van der Waals surface area contributed by atoms with Gasteiger partial charge in [0.15, 0.2) is 0 Å². The lowest BCUT2D eigenvalue weighted by molar-refractivity contribution is -0.0367. The molecule has 0 spiro atoms. The lowest BCUT2D eigenvalue weighted by atomic mass is 9.91. The minimum absolute atomic E-state index is 0.266. The summed E-state index contributed by atoms with van der Waals surface area (Å²) in [5, 5.41) is 11.2. The Balaban J connectivity index is 2.69. The number of halogens is 3. The normalized spacial score (nSPS) is 14.2. The van der Waals surface area contributed by atoms with Gasteiger partial charge in [0.05, 0.1) is 6.04 Å². The Kier molecular flexibility index (Phi) is 7.24. The first kappa shape index (κ1) is 24.2. The SMILES string of the molecule is CC(C)(C)OC(=O)N([C@H](c1cncc(Br)c1)[C@H](O)c1cc(F)ccc1F)C(C)(C)C. The topological polar surface area (TPSA) is 62.7 Å². The summed E-state index contributed by atoms with van der Waals surface area (Å²) in [6.45, 7) is 10.5. The van der Waals surface area contributed by atoms with Crippen LogP contribution in [-0.4, -0.2) is 32.2 Å². The second-order valence-electron chi connectivity index (χ2n) is 9.01. The van der Waals surface area contributed by atoms with Crippen LogP contribution in [0, 0.1) is 11.6 Å². The Morgan fingerprint density at radius 1 is 1.13 bits per heavy atom. The van der Waals surface area contributed by atoms with E-state index in [1.54, 1.807) is 53.8 Å². The molecule has 1 aromatic heterocycles. The lowest BCUT2D eigenvalue weighted by Crippen LogP contribution is -2.51. The molecular formula is C22H27BrF2N2O3. The molecule has 30 heavy (non-hydrogen) atoms. The average molecular weight is 485 g/mol. The molecule has 1 aromatic carbocycles. The number of aliphatic hydroxyl groups is 1. The molecule has 0 aliphatic heterocycles. The molecule has 2 rings (SSSR count). The van der Waals surface area contributed by atoms with Gasteiger partial charge in [0.2, 0.25) is 0 Å². The van der Waals surface area contributed by atoms with Crippen molar-refractivity contribution in [3.05, 3.63) is 63.9 Å². The van der Waals surface area contributed by atoms with Gasteiger partial charge < -0.3 is 9.84 Å². The standard InChI is InChI=1S/C22H27BrF2N2O3/c1-21(2,3)27(20(29)30-22(4,5)6)18(13-9-14(23)12-26-11-13)19(28)16-10-15(24)7-8-17(16)25/h7-12,18-19,28H,1-6H3/t18-,19-/m1/s1. The zero-order chi connectivity index (χ0) is 22.9. The predicted molar refractivity (Wildman–Crippen MR) is 114 cm³/mol. The summed E-state index contributed by atoms with van der Waals surface area (Å²) in [5.74, 6) is -1.48. The van der Waals surface area contributed by atoms with Gasteiger partial charge in [-0.25, -0.2) is 13.6 Å². The molecule has 2 aromatic rings. The maximum atomic E-state index is 14.5. The number of benzene rings is 1. The number of carbonyl (C=O) groups is 1. The third kappa shape index (κ3) is 5.98. The highest BCUT2D eigenvalue weighted by molar-refractivity contribution is 9.10. The van der Waals surface area contributed by atoms with Crippen LogP contribution in [0.1, 0.15) is 64.8 Å². The highest BCUT2D eigenvalue weighted by Gasteiger charge is 2.42. The van der Waals surface area contributed by atoms with Crippen LogP contribution in [-0.2, 0) is 4.74 Å². The van der Waals surface area contributed by atoms with Crippen LogP contribution >= 0.6 is 15.9 Å². The number of aliphatic hydroxyl groups excluding tert-OH is 1. The molecular weight excluding hydrogens is 458 g/mol. The van der Waals surface area contributed by atoms with Crippen molar-refractivity contribution in [2.24, 2.45) is 0 Å². The molecule has 0 radical (unpaired) electrons. The van der Waals surface area contributed by atoms with Crippen LogP contribution in [0.4, 0.5) is 13.6 Å². The van der Waals surface area contributed by atoms with E-state index in [0.717, 1.165) is 18.2 Å². The second kappa shape index (κ2) is 8.98. The predicted octanol–water partition coefficient (Wildman–Crippen LogP) is 5.93. The fourth-order valence-electron chi connectivity index (χ4n) is 3.09. The van der Waals surface area contributed by atoms with Gasteiger partial charge in [-0.3, -0.25) is 9.88 Å². The quantitative estimate of drug-likeness (QED) is 0.583. The molecule has 0 bridgehead atoms. The summed E-state index contributed by atoms with van der Waals surface area (Å²) >= 11 is 3.33. The molecule has 0 fully saturated rings. The number of carbonyl (C=O) groups excluding carboxylic acids is 1. The van der Waals surface area contributed by atoms with Crippen LogP contribution in [0.25, 0.3) is 0 Å². The van der Waals surface area contributed by atoms with Gasteiger partial charge in [-0.05, 0) is 87.3 Å². The van der Waals surface area contributed by atoms with Crippen molar-refractivity contribution in [2.45, 2.75) is 64.8 Å². The number of aromatic nitrogens is 1. The molecule has 1 heterocycles. The Hall–Kier alpha value is -2.06. The zero-order valence-corrected chi connectivity index (χ0v) is 19.5. The molecule has 8 heteroatoms. The smallest absolute Gasteiger partial charge is 0.411 e. The Morgan fingerprint density at radius 3 is 2.30 bits per heavy atom. The van der Waals surface area contributed by atoms with Crippen LogP contribution in [0.15, 0.2) is 41.1 Å². The number of amides is 1. The number of hydrogen-bond donors (Lipinski definition) is 1. The van der Waals surface area contributed by atoms with E-state index in [2.05, 4.69) is 20.9 Å². The Morgan fingerprint density at radius 2 is 1.77 bits per heavy atom. The van der Waals surface area contributed by atoms with Crippen molar-refractivity contribution < 1.29 is 23.4 Å². The minimum atomic E-state index is -1.58. The summed E-state index contributed by atoms with van der Waals surface area (Å²) < 4.78 is 34.6. The number of rotatable bonds is 4. The van der Waals surface area contributed by atoms with E-state index in [1.807, 2.05) is 0 Å². The van der Waals surface area contributed by atoms with Crippen LogP contribution in [0.5, 0.6) is 0 Å². The van der Waals surface area contributed by atoms with E-state index in [-0.39, 0.29) is 5.56 Å². The Labute approximate surface area is 184 Å². The first-order valence-corrected chi connectivity index (χ1v) is 10.3. The summed E-state index contributed by atoms with van der Waals surface area (Å²) in [6.07, 6.45) is 0.739. The summed E-state index contributed by atoms with van der Waals surface area (Å²) in [5.41, 5.74) is -1.46. The van der Waals surface area contributed by atoms with Crippen LogP contribution < -0.4 is 0 Å². The molecule has 164 valence electrons. The zero-order valence-electron chi connectivity index (χ0n) is 17.9. The molecule has 0 saturated carbocycles. The highest BCUT2D eigenvalue weighted by atomic mass is 79.9. The molecule has 0 unspecified atom stereocenters. The summed E-state index contributed by atoms with van der Waals surface area (Å²) in [6, 6.07) is 3.41. The van der Waals surface area contributed by atoms with Crippen molar-refractivity contribution in [1.82, 2.24) is 9.88 Å². The maximum absolute atomic E-state index is 14.5. The minimum Gasteiger partial charge on any atom is -0.444 e. The van der Waals surface area contributed by atoms with E-state index < -0.39 is 41.0 Å². The van der Waals surface area contributed by atoms with Gasteiger partial charge >= 0.3 is 6.09 Å². The van der Waals surface area contributed by atoms with Gasteiger partial charge in [0, 0.05) is 28.0 Å². The van der Waals surface area contributed by atoms with Crippen LogP contribution in [0.3, 0.4) is 0 Å². The first-order valence-electron chi connectivity index (χ1n) is 9.46. The molecule has 0 aliphatic carbocycles. The van der Waals surface area contributed by atoms with Crippen molar-refractivity contribution in [3.63, 3.8) is 0 Å². The monoisotopic (exact) mass is 484 g/mol. The average Bonchev–Trinajstić information content (AvgIpc) is 2.58. The van der Waals surface area contributed by atoms with Crippen molar-refractivity contribution in [1.29, 1.82) is 0 Å². The van der Waals surface area contributed by atoms with Crippen LogP contribution in [0.2, 0.25) is 0 Å². The van der Waals surface area contributed by atoms with Gasteiger partial charge in [0.1, 0.15) is 23.3 Å². The van der Waals surface area contributed by atoms with E-state index >= 15 is 0 Å². The third-order valence-corrected chi connectivity index (χ3v) is 4.67. The number of pyridine rings is 1. The molecule has 1 N–H and O–H groups in total. The molecule has 5 nitrogen and oxygen atoms in total. The summed E-state index contributed by atoms with van der Waals surface area (Å²) in [4.78, 5) is 18.6. The molecule has 0 aliphatic rings.